The van der Waals surface area contributed by atoms with Crippen LogP contribution in [-0.4, -0.2) is 30.9 Å². The molecule has 0 aliphatic carbocycles. The molecule has 0 bridgehead atoms. The standard InChI is InChI=1S/C26H25BrN2O5S/c1-14(2)34-25(31)22-15(3)28-26-29(23(22)17-7-9-18(32-4)10-8-17)24(30)21(35-26)13-16-6-11-20(33-5)19(27)12-16/h6-14,23H,1-5H3/b21-13-. The number of fused-ring (bicyclic) bond motifs is 1. The van der Waals surface area contributed by atoms with E-state index in [1.165, 1.54) is 11.3 Å². The molecular formula is C26H25BrN2O5S. The predicted molar refractivity (Wildman–Crippen MR) is 139 cm³/mol. The van der Waals surface area contributed by atoms with Crippen LogP contribution in [0, 0.1) is 0 Å². The number of thiazole rings is 1. The number of carbonyl (C=O) groups excluding carboxylic acids is 1. The summed E-state index contributed by atoms with van der Waals surface area (Å²) in [5.41, 5.74) is 2.23. The van der Waals surface area contributed by atoms with E-state index in [0.29, 0.717) is 32.1 Å². The zero-order valence-corrected chi connectivity index (χ0v) is 22.4. The number of hydrogen-bond acceptors (Lipinski definition) is 7. The molecule has 0 amide bonds. The van der Waals surface area contributed by atoms with Crippen molar-refractivity contribution in [1.29, 1.82) is 0 Å². The van der Waals surface area contributed by atoms with Gasteiger partial charge in [0.05, 0.1) is 46.6 Å². The number of aromatic nitrogens is 1. The normalized spacial score (nSPS) is 15.6. The van der Waals surface area contributed by atoms with E-state index in [0.717, 1.165) is 15.6 Å². The lowest BCUT2D eigenvalue weighted by Gasteiger charge is -2.25. The highest BCUT2D eigenvalue weighted by Crippen LogP contribution is 2.32. The molecule has 3 aromatic rings. The summed E-state index contributed by atoms with van der Waals surface area (Å²) in [6, 6.07) is 12.2. The number of esters is 1. The number of allylic oxidation sites excluding steroid dienone is 1. The molecule has 35 heavy (non-hydrogen) atoms. The Bertz CT molecular complexity index is 1490. The molecule has 0 radical (unpaired) electrons. The fraction of sp³-hybridized carbons (Fsp3) is 0.269. The Labute approximate surface area is 215 Å². The van der Waals surface area contributed by atoms with E-state index in [4.69, 9.17) is 14.2 Å². The summed E-state index contributed by atoms with van der Waals surface area (Å²) in [6.45, 7) is 5.35. The van der Waals surface area contributed by atoms with E-state index >= 15 is 0 Å². The summed E-state index contributed by atoms with van der Waals surface area (Å²) in [6.07, 6.45) is 1.50. The van der Waals surface area contributed by atoms with Crippen molar-refractivity contribution in [3.8, 4) is 11.5 Å². The lowest BCUT2D eigenvalue weighted by molar-refractivity contribution is -0.143. The van der Waals surface area contributed by atoms with Crippen molar-refractivity contribution < 1.29 is 19.0 Å². The zero-order chi connectivity index (χ0) is 25.3. The van der Waals surface area contributed by atoms with Crippen LogP contribution in [0.5, 0.6) is 11.5 Å². The van der Waals surface area contributed by atoms with Crippen LogP contribution in [0.3, 0.4) is 0 Å². The van der Waals surface area contributed by atoms with Crippen LogP contribution in [0.1, 0.15) is 37.9 Å². The summed E-state index contributed by atoms with van der Waals surface area (Å²) >= 11 is 4.77. The highest BCUT2D eigenvalue weighted by Gasteiger charge is 2.33. The average molecular weight is 557 g/mol. The molecule has 2 aromatic carbocycles. The third-order valence-corrected chi connectivity index (χ3v) is 7.09. The van der Waals surface area contributed by atoms with Gasteiger partial charge in [-0.3, -0.25) is 9.36 Å². The smallest absolute Gasteiger partial charge is 0.338 e. The first-order chi connectivity index (χ1) is 16.7. The van der Waals surface area contributed by atoms with E-state index in [1.54, 1.807) is 51.7 Å². The molecule has 0 fully saturated rings. The van der Waals surface area contributed by atoms with Gasteiger partial charge in [0.25, 0.3) is 5.56 Å². The lowest BCUT2D eigenvalue weighted by Crippen LogP contribution is -2.40. The van der Waals surface area contributed by atoms with Gasteiger partial charge in [0.2, 0.25) is 0 Å². The van der Waals surface area contributed by atoms with Gasteiger partial charge in [0, 0.05) is 0 Å². The summed E-state index contributed by atoms with van der Waals surface area (Å²) in [5.74, 6) is 0.890. The van der Waals surface area contributed by atoms with Crippen molar-refractivity contribution in [2.75, 3.05) is 14.2 Å². The van der Waals surface area contributed by atoms with Gasteiger partial charge >= 0.3 is 5.97 Å². The molecule has 7 nitrogen and oxygen atoms in total. The first-order valence-electron chi connectivity index (χ1n) is 10.9. The number of carbonyl (C=O) groups is 1. The number of benzene rings is 2. The van der Waals surface area contributed by atoms with Crippen molar-refractivity contribution >= 4 is 39.3 Å². The van der Waals surface area contributed by atoms with Gasteiger partial charge in [0.15, 0.2) is 4.80 Å². The SMILES string of the molecule is COc1ccc(C2C(C(=O)OC(C)C)=C(C)N=c3s/c(=C\c4ccc(OC)c(Br)c4)c(=O)n32)cc1. The Kier molecular flexibility index (Phi) is 7.28. The van der Waals surface area contributed by atoms with Crippen LogP contribution in [0.2, 0.25) is 0 Å². The van der Waals surface area contributed by atoms with Crippen molar-refractivity contribution in [2.45, 2.75) is 32.9 Å². The Morgan fingerprint density at radius 3 is 2.46 bits per heavy atom. The molecule has 0 saturated heterocycles. The maximum Gasteiger partial charge on any atom is 0.338 e. The third-order valence-electron chi connectivity index (χ3n) is 5.49. The second-order valence-corrected chi connectivity index (χ2v) is 10.1. The summed E-state index contributed by atoms with van der Waals surface area (Å²) in [7, 11) is 3.19. The largest absolute Gasteiger partial charge is 0.497 e. The molecule has 1 atom stereocenters. The third kappa shape index (κ3) is 4.97. The molecule has 1 aromatic heterocycles. The highest BCUT2D eigenvalue weighted by molar-refractivity contribution is 9.10. The first kappa shape index (κ1) is 24.9. The van der Waals surface area contributed by atoms with Gasteiger partial charge in [-0.25, -0.2) is 9.79 Å². The maximum absolute atomic E-state index is 13.7. The van der Waals surface area contributed by atoms with E-state index in [-0.39, 0.29) is 11.7 Å². The number of methoxy groups -OCH3 is 2. The minimum atomic E-state index is -0.673. The van der Waals surface area contributed by atoms with E-state index in [1.807, 2.05) is 36.4 Å². The molecule has 2 heterocycles. The van der Waals surface area contributed by atoms with Gasteiger partial charge in [-0.1, -0.05) is 29.5 Å². The first-order valence-corrected chi connectivity index (χ1v) is 12.6. The molecule has 0 saturated carbocycles. The fourth-order valence-electron chi connectivity index (χ4n) is 3.89. The molecule has 9 heteroatoms. The second kappa shape index (κ2) is 10.2. The van der Waals surface area contributed by atoms with Crippen LogP contribution >= 0.6 is 27.3 Å². The number of ether oxygens (including phenoxy) is 3. The minimum absolute atomic E-state index is 0.233. The summed E-state index contributed by atoms with van der Waals surface area (Å²) < 4.78 is 19.0. The number of hydrogen-bond donors (Lipinski definition) is 0. The fourth-order valence-corrected chi connectivity index (χ4v) is 5.49. The van der Waals surface area contributed by atoms with E-state index in [2.05, 4.69) is 20.9 Å². The van der Waals surface area contributed by atoms with Crippen molar-refractivity contribution in [3.05, 3.63) is 89.0 Å². The van der Waals surface area contributed by atoms with E-state index in [9.17, 15) is 9.59 Å². The molecule has 1 unspecified atom stereocenters. The molecule has 0 spiro atoms. The van der Waals surface area contributed by atoms with Gasteiger partial charge < -0.3 is 14.2 Å². The maximum atomic E-state index is 13.7. The molecule has 1 aliphatic heterocycles. The minimum Gasteiger partial charge on any atom is -0.497 e. The topological polar surface area (TPSA) is 79.1 Å². The zero-order valence-electron chi connectivity index (χ0n) is 20.0. The van der Waals surface area contributed by atoms with Crippen LogP contribution in [0.4, 0.5) is 0 Å². The van der Waals surface area contributed by atoms with Crippen molar-refractivity contribution in [2.24, 2.45) is 4.99 Å². The van der Waals surface area contributed by atoms with Crippen molar-refractivity contribution in [1.82, 2.24) is 4.57 Å². The Morgan fingerprint density at radius 1 is 1.14 bits per heavy atom. The average Bonchev–Trinajstić information content (AvgIpc) is 3.12. The Morgan fingerprint density at radius 2 is 1.86 bits per heavy atom. The molecule has 4 rings (SSSR count). The monoisotopic (exact) mass is 556 g/mol. The van der Waals surface area contributed by atoms with Gasteiger partial charge in [-0.2, -0.15) is 0 Å². The van der Waals surface area contributed by atoms with Crippen molar-refractivity contribution in [3.63, 3.8) is 0 Å². The van der Waals surface area contributed by atoms with Gasteiger partial charge in [-0.15, -0.1) is 0 Å². The van der Waals surface area contributed by atoms with Crippen LogP contribution in [-0.2, 0) is 9.53 Å². The predicted octanol–water partition coefficient (Wildman–Crippen LogP) is 3.97. The molecule has 1 aliphatic rings. The van der Waals surface area contributed by atoms with Gasteiger partial charge in [-0.05, 0) is 78.2 Å². The summed E-state index contributed by atoms with van der Waals surface area (Å²) in [5, 5.41) is 0. The summed E-state index contributed by atoms with van der Waals surface area (Å²) in [4.78, 5) is 32.0. The lowest BCUT2D eigenvalue weighted by atomic mass is 9.96. The number of halogens is 1. The number of rotatable bonds is 6. The molecule has 0 N–H and O–H groups in total. The van der Waals surface area contributed by atoms with Crippen LogP contribution in [0.15, 0.2) is 68.0 Å². The highest BCUT2D eigenvalue weighted by atomic mass is 79.9. The number of nitrogens with zero attached hydrogens (tertiary/aromatic N) is 2. The molecular weight excluding hydrogens is 532 g/mol. The Hall–Kier alpha value is -3.17. The Balaban J connectivity index is 1.91. The van der Waals surface area contributed by atoms with E-state index < -0.39 is 12.0 Å². The second-order valence-electron chi connectivity index (χ2n) is 8.20. The molecule has 182 valence electrons. The van der Waals surface area contributed by atoms with Crippen LogP contribution in [0.25, 0.3) is 6.08 Å². The van der Waals surface area contributed by atoms with Gasteiger partial charge in [0.1, 0.15) is 11.5 Å². The van der Waals surface area contributed by atoms with Crippen LogP contribution < -0.4 is 24.4 Å². The quantitative estimate of drug-likeness (QED) is 0.429.